The van der Waals surface area contributed by atoms with E-state index in [1.807, 2.05) is 133 Å². The maximum Gasteiger partial charge on any atom is 0.419 e. The summed E-state index contributed by atoms with van der Waals surface area (Å²) >= 11 is 14.2. The van der Waals surface area contributed by atoms with Crippen LogP contribution in [0.15, 0.2) is 121 Å². The number of hydrogen-bond donors (Lipinski definition) is 1. The molecule has 0 amide bonds. The van der Waals surface area contributed by atoms with Crippen molar-refractivity contribution in [1.82, 2.24) is 69.1 Å². The Morgan fingerprint density at radius 1 is 0.560 bits per heavy atom. The molecule has 75 heavy (non-hydrogen) atoms. The highest BCUT2D eigenvalue weighted by Gasteiger charge is 2.29. The largest absolute Gasteiger partial charge is 0.443 e. The zero-order valence-corrected chi connectivity index (χ0v) is 44.4. The van der Waals surface area contributed by atoms with Crippen LogP contribution in [-0.4, -0.2) is 160 Å². The van der Waals surface area contributed by atoms with E-state index in [9.17, 15) is 4.79 Å². The van der Waals surface area contributed by atoms with E-state index in [0.29, 0.717) is 56.0 Å². The van der Waals surface area contributed by atoms with Gasteiger partial charge in [-0.2, -0.15) is 10.2 Å². The number of benzene rings is 4. The van der Waals surface area contributed by atoms with Gasteiger partial charge in [0.05, 0.1) is 50.8 Å². The van der Waals surface area contributed by atoms with Crippen LogP contribution in [0.3, 0.4) is 0 Å². The summed E-state index contributed by atoms with van der Waals surface area (Å²) in [6.45, 7) is 17.0. The number of nitrogens with one attached hydrogen (secondary N) is 1. The molecule has 8 heterocycles. The molecule has 0 saturated carbocycles. The molecule has 0 unspecified atom stereocenters. The molecule has 2 aliphatic heterocycles. The number of fused-ring (bicyclic) bond motifs is 4. The van der Waals surface area contributed by atoms with Gasteiger partial charge >= 0.3 is 6.09 Å². The monoisotopic (exact) mass is 1040 g/mol. The van der Waals surface area contributed by atoms with Crippen molar-refractivity contribution in [3.05, 3.63) is 131 Å². The Labute approximate surface area is 445 Å². The molecule has 12 rings (SSSR count). The number of halogens is 2. The number of piperazine rings is 2. The summed E-state index contributed by atoms with van der Waals surface area (Å²) in [5.74, 6) is 0. The van der Waals surface area contributed by atoms with Gasteiger partial charge in [-0.1, -0.05) is 120 Å². The van der Waals surface area contributed by atoms with Crippen LogP contribution in [0, 0.1) is 0 Å². The minimum atomic E-state index is -0.673. The van der Waals surface area contributed by atoms with E-state index in [-0.39, 0.29) is 0 Å². The lowest BCUT2D eigenvalue weighted by molar-refractivity contribution is 0.0547. The number of nitrogens with zero attached hydrogens (tertiary/aromatic N) is 13. The number of rotatable bonds is 10. The molecule has 0 spiro atoms. The predicted octanol–water partition coefficient (Wildman–Crippen LogP) is 10.3. The summed E-state index contributed by atoms with van der Waals surface area (Å²) in [5, 5.41) is 32.9. The molecule has 0 atom stereocenters. The van der Waals surface area contributed by atoms with Crippen LogP contribution < -0.4 is 0 Å². The molecule has 0 bridgehead atoms. The molecule has 2 aliphatic rings. The number of likely N-dealkylation sites (N-methyl/N-ethyl adjacent to an activating group) is 2. The van der Waals surface area contributed by atoms with E-state index in [0.717, 1.165) is 122 Å². The first kappa shape index (κ1) is 50.1. The van der Waals surface area contributed by atoms with E-state index in [1.54, 1.807) is 4.57 Å². The van der Waals surface area contributed by atoms with Crippen molar-refractivity contribution >= 4 is 73.2 Å². The van der Waals surface area contributed by atoms with Crippen molar-refractivity contribution in [2.24, 2.45) is 0 Å². The first-order valence-electron chi connectivity index (χ1n) is 25.6. The molecule has 18 heteroatoms. The number of aromatic amines is 1. The van der Waals surface area contributed by atoms with Crippen LogP contribution in [0.2, 0.25) is 10.0 Å². The molecule has 384 valence electrons. The maximum absolute atomic E-state index is 13.6. The van der Waals surface area contributed by atoms with Crippen LogP contribution in [-0.2, 0) is 17.8 Å². The van der Waals surface area contributed by atoms with Gasteiger partial charge in [0.2, 0.25) is 0 Å². The molecule has 4 aromatic carbocycles. The molecule has 6 aromatic heterocycles. The van der Waals surface area contributed by atoms with Gasteiger partial charge in [0.25, 0.3) is 0 Å². The molecule has 0 radical (unpaired) electrons. The van der Waals surface area contributed by atoms with Gasteiger partial charge in [0.1, 0.15) is 28.4 Å². The first-order valence-corrected chi connectivity index (χ1v) is 26.3. The van der Waals surface area contributed by atoms with E-state index < -0.39 is 11.7 Å². The van der Waals surface area contributed by atoms with E-state index in [2.05, 4.69) is 77.3 Å². The summed E-state index contributed by atoms with van der Waals surface area (Å²) in [7, 11) is 4.32. The lowest BCUT2D eigenvalue weighted by Gasteiger charge is -2.32. The number of ether oxygens (including phenoxy) is 1. The van der Waals surface area contributed by atoms with Crippen molar-refractivity contribution in [3.63, 3.8) is 0 Å². The van der Waals surface area contributed by atoms with Gasteiger partial charge in [-0.25, -0.2) is 18.7 Å². The number of H-pyrrole nitrogens is 1. The van der Waals surface area contributed by atoms with Crippen molar-refractivity contribution < 1.29 is 9.53 Å². The van der Waals surface area contributed by atoms with Crippen LogP contribution in [0.1, 0.15) is 20.8 Å². The van der Waals surface area contributed by atoms with Crippen LogP contribution in [0.25, 0.3) is 89.2 Å². The van der Waals surface area contributed by atoms with Crippen molar-refractivity contribution in [3.8, 4) is 45.3 Å². The average molecular weight is 1040 g/mol. The summed E-state index contributed by atoms with van der Waals surface area (Å²) in [6.07, 6.45) is -0.477. The predicted molar refractivity (Wildman–Crippen MR) is 299 cm³/mol. The minimum Gasteiger partial charge on any atom is -0.443 e. The number of aromatic nitrogens is 10. The van der Waals surface area contributed by atoms with Gasteiger partial charge in [-0.05, 0) is 59.1 Å². The fourth-order valence-electron chi connectivity index (χ4n) is 9.92. The lowest BCUT2D eigenvalue weighted by Crippen LogP contribution is -2.45. The third-order valence-electron chi connectivity index (χ3n) is 14.1. The normalized spacial score (nSPS) is 15.3. The Balaban J connectivity index is 0.000000163. The second kappa shape index (κ2) is 21.3. The molecule has 2 fully saturated rings. The molecule has 1 N–H and O–H groups in total. The van der Waals surface area contributed by atoms with E-state index >= 15 is 0 Å². The van der Waals surface area contributed by atoms with Gasteiger partial charge in [-0.15, -0.1) is 20.4 Å². The summed E-state index contributed by atoms with van der Waals surface area (Å²) < 4.78 is 11.3. The van der Waals surface area contributed by atoms with Gasteiger partial charge in [0.15, 0.2) is 11.3 Å². The molecular formula is C57H60Cl2N14O2. The number of carbonyl (C=O) groups is 1. The topological polar surface area (TPSA) is 147 Å². The summed E-state index contributed by atoms with van der Waals surface area (Å²) in [4.78, 5) is 26.8. The molecule has 0 aliphatic carbocycles. The molecule has 16 nitrogen and oxygen atoms in total. The van der Waals surface area contributed by atoms with Gasteiger partial charge in [-0.3, -0.25) is 9.80 Å². The van der Waals surface area contributed by atoms with Gasteiger partial charge < -0.3 is 19.5 Å². The van der Waals surface area contributed by atoms with Crippen LogP contribution >= 0.6 is 23.2 Å². The third kappa shape index (κ3) is 10.5. The Morgan fingerprint density at radius 3 is 1.57 bits per heavy atom. The standard InChI is InChI=1S/C31H34ClN7O2.C26H26ClN7/c1-31(2,3)41-30(40)39-23-13-9-8-12-22(23)20-24(39)28-25-26(32)27(21-10-6-5-7-11-21)33-34-29(25)38(35-28)19-18-37-16-14-36(4)15-17-37;1-32-11-13-33(14-12-32)15-16-34-26-22(23(27)24(29-30-26)18-7-3-2-4-8-18)25(31-34)21-17-19-9-5-6-10-20(19)28-21/h5-13,20H,14-19H2,1-4H3;2-10,17,28H,11-16H2,1H3. The van der Waals surface area contributed by atoms with Crippen LogP contribution in [0.4, 0.5) is 4.79 Å². The Bertz CT molecular complexity index is 3610. The van der Waals surface area contributed by atoms with Crippen molar-refractivity contribution in [2.75, 3.05) is 79.5 Å². The minimum absolute atomic E-state index is 0.447. The maximum atomic E-state index is 13.6. The third-order valence-corrected chi connectivity index (χ3v) is 14.8. The smallest absolute Gasteiger partial charge is 0.419 e. The fraction of sp³-hybridized carbons (Fsp3) is 0.316. The molecule has 10 aromatic rings. The second-order valence-electron chi connectivity index (χ2n) is 20.5. The number of para-hydroxylation sites is 2. The lowest BCUT2D eigenvalue weighted by atomic mass is 10.1. The summed E-state index contributed by atoms with van der Waals surface area (Å²) in [6, 6.07) is 39.8. The molecular weight excluding hydrogens is 984 g/mol. The van der Waals surface area contributed by atoms with Crippen molar-refractivity contribution in [1.29, 1.82) is 0 Å². The quantitative estimate of drug-likeness (QED) is 0.139. The SMILES string of the molecule is CN1CCN(CCn2nc(-c3cc4ccccc4[nH]3)c3c(Cl)c(-c4ccccc4)nnc32)CC1.CN1CCN(CCn2nc(-c3cc4ccccc4n3C(=O)OC(C)(C)C)c3c(Cl)c(-c4ccccc4)nnc32)CC1. The number of hydrogen-bond acceptors (Lipinski definition) is 12. The Hall–Kier alpha value is -7.05. The Kier molecular flexibility index (Phi) is 14.2. The number of carbonyl (C=O) groups excluding carboxylic acids is 1. The highest BCUT2D eigenvalue weighted by molar-refractivity contribution is 6.39. The van der Waals surface area contributed by atoms with Crippen LogP contribution in [0.5, 0.6) is 0 Å². The molecule has 2 saturated heterocycles. The van der Waals surface area contributed by atoms with E-state index in [1.165, 1.54) is 0 Å². The average Bonchev–Trinajstić information content (AvgIpc) is 4.22. The highest BCUT2D eigenvalue weighted by atomic mass is 35.5. The first-order chi connectivity index (χ1) is 36.4. The second-order valence-corrected chi connectivity index (χ2v) is 21.2. The fourth-order valence-corrected chi connectivity index (χ4v) is 10.6. The Morgan fingerprint density at radius 2 is 1.04 bits per heavy atom. The summed E-state index contributed by atoms with van der Waals surface area (Å²) in [5.41, 5.74) is 8.36. The van der Waals surface area contributed by atoms with Crippen molar-refractivity contribution in [2.45, 2.75) is 39.5 Å². The zero-order chi connectivity index (χ0) is 51.8. The van der Waals surface area contributed by atoms with Gasteiger partial charge in [0, 0.05) is 92.9 Å². The highest BCUT2D eigenvalue weighted by Crippen LogP contribution is 2.41. The zero-order valence-electron chi connectivity index (χ0n) is 42.9. The van der Waals surface area contributed by atoms with E-state index in [4.69, 9.17) is 38.1 Å².